The molecule has 0 saturated carbocycles. The van der Waals surface area contributed by atoms with Gasteiger partial charge in [-0.25, -0.2) is 0 Å². The number of rotatable bonds is 2. The highest BCUT2D eigenvalue weighted by Gasteiger charge is 2.37. The second-order valence-electron chi connectivity index (χ2n) is 6.65. The molecule has 2 amide bonds. The van der Waals surface area contributed by atoms with Crippen LogP contribution in [0.3, 0.4) is 0 Å². The van der Waals surface area contributed by atoms with Crippen LogP contribution in [0.4, 0.5) is 0 Å². The van der Waals surface area contributed by atoms with Crippen LogP contribution < -0.4 is 14.8 Å². The van der Waals surface area contributed by atoms with E-state index >= 15 is 0 Å². The number of nitrogens with zero attached hydrogens (tertiary/aromatic N) is 2. The van der Waals surface area contributed by atoms with Crippen molar-refractivity contribution in [3.05, 3.63) is 23.8 Å². The average Bonchev–Trinajstić information content (AvgIpc) is 3.22. The standard InChI is InChI=1S/C18H23N3O4/c22-17(13-4-5-15-16(11-13)25-12-24-15)21-9-1-3-14(21)18(23)20-8-2-6-19-7-10-20/h4-5,11,14,19H,1-3,6-10,12H2. The van der Waals surface area contributed by atoms with Crippen LogP contribution in [0.5, 0.6) is 11.5 Å². The van der Waals surface area contributed by atoms with Gasteiger partial charge in [0.25, 0.3) is 5.91 Å². The van der Waals surface area contributed by atoms with E-state index in [2.05, 4.69) is 5.32 Å². The summed E-state index contributed by atoms with van der Waals surface area (Å²) < 4.78 is 10.7. The first-order valence-corrected chi connectivity index (χ1v) is 8.94. The number of carbonyl (C=O) groups excluding carboxylic acids is 2. The average molecular weight is 345 g/mol. The molecule has 2 fully saturated rings. The van der Waals surface area contributed by atoms with E-state index in [1.807, 2.05) is 4.90 Å². The van der Waals surface area contributed by atoms with Crippen molar-refractivity contribution in [2.75, 3.05) is 39.5 Å². The van der Waals surface area contributed by atoms with Gasteiger partial charge in [-0.1, -0.05) is 0 Å². The van der Waals surface area contributed by atoms with Crippen LogP contribution in [-0.2, 0) is 4.79 Å². The summed E-state index contributed by atoms with van der Waals surface area (Å²) in [4.78, 5) is 29.5. The molecule has 4 rings (SSSR count). The van der Waals surface area contributed by atoms with E-state index < -0.39 is 0 Å². The smallest absolute Gasteiger partial charge is 0.254 e. The molecular formula is C18H23N3O4. The third kappa shape index (κ3) is 3.16. The number of ether oxygens (including phenoxy) is 2. The third-order valence-corrected chi connectivity index (χ3v) is 5.07. The van der Waals surface area contributed by atoms with Crippen LogP contribution in [0.2, 0.25) is 0 Å². The van der Waals surface area contributed by atoms with Gasteiger partial charge >= 0.3 is 0 Å². The first-order valence-electron chi connectivity index (χ1n) is 8.94. The van der Waals surface area contributed by atoms with Crippen LogP contribution in [-0.4, -0.2) is 67.2 Å². The van der Waals surface area contributed by atoms with E-state index in [9.17, 15) is 9.59 Å². The van der Waals surface area contributed by atoms with Crippen molar-refractivity contribution in [1.82, 2.24) is 15.1 Å². The van der Waals surface area contributed by atoms with Gasteiger partial charge in [0.05, 0.1) is 0 Å². The number of hydrogen-bond acceptors (Lipinski definition) is 5. The van der Waals surface area contributed by atoms with Crippen LogP contribution in [0.1, 0.15) is 29.6 Å². The van der Waals surface area contributed by atoms with Gasteiger partial charge in [0.1, 0.15) is 6.04 Å². The Morgan fingerprint density at radius 3 is 2.84 bits per heavy atom. The van der Waals surface area contributed by atoms with Crippen molar-refractivity contribution in [3.8, 4) is 11.5 Å². The van der Waals surface area contributed by atoms with Gasteiger partial charge in [-0.3, -0.25) is 9.59 Å². The lowest BCUT2D eigenvalue weighted by Gasteiger charge is -2.29. The molecular weight excluding hydrogens is 322 g/mol. The Labute approximate surface area is 146 Å². The predicted molar refractivity (Wildman–Crippen MR) is 90.7 cm³/mol. The zero-order valence-corrected chi connectivity index (χ0v) is 14.2. The lowest BCUT2D eigenvalue weighted by atomic mass is 10.1. The molecule has 0 aromatic heterocycles. The molecule has 7 nitrogen and oxygen atoms in total. The highest BCUT2D eigenvalue weighted by atomic mass is 16.7. The van der Waals surface area contributed by atoms with E-state index in [0.29, 0.717) is 30.2 Å². The molecule has 25 heavy (non-hydrogen) atoms. The maximum absolute atomic E-state index is 13.0. The fourth-order valence-corrected chi connectivity index (χ4v) is 3.74. The minimum absolute atomic E-state index is 0.0790. The van der Waals surface area contributed by atoms with Gasteiger partial charge in [0.2, 0.25) is 12.7 Å². The summed E-state index contributed by atoms with van der Waals surface area (Å²) in [7, 11) is 0. The summed E-state index contributed by atoms with van der Waals surface area (Å²) in [6.07, 6.45) is 2.55. The molecule has 2 saturated heterocycles. The van der Waals surface area contributed by atoms with Crippen molar-refractivity contribution in [2.45, 2.75) is 25.3 Å². The molecule has 1 aromatic rings. The summed E-state index contributed by atoms with van der Waals surface area (Å²) in [6.45, 7) is 4.02. The fourth-order valence-electron chi connectivity index (χ4n) is 3.74. The Kier molecular flexibility index (Phi) is 4.48. The van der Waals surface area contributed by atoms with E-state index in [1.165, 1.54) is 0 Å². The molecule has 0 bridgehead atoms. The third-order valence-electron chi connectivity index (χ3n) is 5.07. The van der Waals surface area contributed by atoms with E-state index in [0.717, 1.165) is 38.9 Å². The van der Waals surface area contributed by atoms with Crippen LogP contribution >= 0.6 is 0 Å². The minimum Gasteiger partial charge on any atom is -0.454 e. The van der Waals surface area contributed by atoms with Gasteiger partial charge in [0, 0.05) is 31.7 Å². The Morgan fingerprint density at radius 1 is 1.04 bits per heavy atom. The largest absolute Gasteiger partial charge is 0.454 e. The van der Waals surface area contributed by atoms with Crippen molar-refractivity contribution in [3.63, 3.8) is 0 Å². The zero-order chi connectivity index (χ0) is 17.2. The number of hydrogen-bond donors (Lipinski definition) is 1. The summed E-state index contributed by atoms with van der Waals surface area (Å²) in [6, 6.07) is 4.85. The molecule has 0 radical (unpaired) electrons. The number of fused-ring (bicyclic) bond motifs is 1. The molecule has 1 aromatic carbocycles. The summed E-state index contributed by atoms with van der Waals surface area (Å²) in [5, 5.41) is 3.31. The number of nitrogens with one attached hydrogen (secondary N) is 1. The predicted octanol–water partition coefficient (Wildman–Crippen LogP) is 0.842. The van der Waals surface area contributed by atoms with Crippen molar-refractivity contribution >= 4 is 11.8 Å². The fraction of sp³-hybridized carbons (Fsp3) is 0.556. The number of likely N-dealkylation sites (tertiary alicyclic amines) is 1. The quantitative estimate of drug-likeness (QED) is 0.860. The highest BCUT2D eigenvalue weighted by molar-refractivity contribution is 5.98. The number of benzene rings is 1. The molecule has 0 aliphatic carbocycles. The van der Waals surface area contributed by atoms with Crippen molar-refractivity contribution < 1.29 is 19.1 Å². The van der Waals surface area contributed by atoms with Gasteiger partial charge in [-0.2, -0.15) is 0 Å². The van der Waals surface area contributed by atoms with Gasteiger partial charge in [-0.15, -0.1) is 0 Å². The molecule has 3 aliphatic heterocycles. The van der Waals surface area contributed by atoms with Crippen molar-refractivity contribution in [2.24, 2.45) is 0 Å². The van der Waals surface area contributed by atoms with Gasteiger partial charge in [0.15, 0.2) is 11.5 Å². The second-order valence-corrected chi connectivity index (χ2v) is 6.65. The summed E-state index contributed by atoms with van der Waals surface area (Å²) >= 11 is 0. The highest BCUT2D eigenvalue weighted by Crippen LogP contribution is 2.33. The zero-order valence-electron chi connectivity index (χ0n) is 14.2. The molecule has 3 heterocycles. The Bertz CT molecular complexity index is 670. The Morgan fingerprint density at radius 2 is 1.92 bits per heavy atom. The maximum atomic E-state index is 13.0. The maximum Gasteiger partial charge on any atom is 0.254 e. The van der Waals surface area contributed by atoms with E-state index in [1.54, 1.807) is 23.1 Å². The normalized spacial score (nSPS) is 22.8. The molecule has 1 atom stereocenters. The Hall–Kier alpha value is -2.28. The molecule has 3 aliphatic rings. The molecule has 1 unspecified atom stereocenters. The molecule has 0 spiro atoms. The van der Waals surface area contributed by atoms with E-state index in [4.69, 9.17) is 9.47 Å². The first-order chi connectivity index (χ1) is 12.2. The van der Waals surface area contributed by atoms with Crippen molar-refractivity contribution in [1.29, 1.82) is 0 Å². The Balaban J connectivity index is 1.50. The molecule has 134 valence electrons. The van der Waals surface area contributed by atoms with Crippen LogP contribution in [0.15, 0.2) is 18.2 Å². The van der Waals surface area contributed by atoms with Gasteiger partial charge < -0.3 is 24.6 Å². The number of amides is 2. The van der Waals surface area contributed by atoms with Crippen LogP contribution in [0, 0.1) is 0 Å². The monoisotopic (exact) mass is 345 g/mol. The first kappa shape index (κ1) is 16.2. The number of carbonyl (C=O) groups is 2. The molecule has 7 heteroatoms. The SMILES string of the molecule is O=C(C1CCCN1C(=O)c1ccc2c(c1)OCO2)N1CCCNCC1. The molecule has 1 N–H and O–H groups in total. The lowest BCUT2D eigenvalue weighted by molar-refractivity contribution is -0.135. The van der Waals surface area contributed by atoms with E-state index in [-0.39, 0.29) is 24.6 Å². The topological polar surface area (TPSA) is 71.1 Å². The van der Waals surface area contributed by atoms with Gasteiger partial charge in [-0.05, 0) is 44.0 Å². The minimum atomic E-state index is -0.351. The van der Waals surface area contributed by atoms with Crippen LogP contribution in [0.25, 0.3) is 0 Å². The summed E-state index contributed by atoms with van der Waals surface area (Å²) in [5.41, 5.74) is 0.543. The lowest BCUT2D eigenvalue weighted by Crippen LogP contribution is -2.48. The second kappa shape index (κ2) is 6.92. The summed E-state index contributed by atoms with van der Waals surface area (Å²) in [5.74, 6) is 1.21.